The fourth-order valence-corrected chi connectivity index (χ4v) is 3.65. The molecule has 4 N–H and O–H groups in total. The molecule has 1 aliphatic rings. The second-order valence-corrected chi connectivity index (χ2v) is 8.71. The van der Waals surface area contributed by atoms with Crippen molar-refractivity contribution in [1.29, 1.82) is 0 Å². The zero-order chi connectivity index (χ0) is 21.6. The van der Waals surface area contributed by atoms with Crippen molar-refractivity contribution >= 4 is 28.4 Å². The van der Waals surface area contributed by atoms with Gasteiger partial charge in [0.15, 0.2) is 11.5 Å². The lowest BCUT2D eigenvalue weighted by molar-refractivity contribution is 0.0933. The molecule has 31 heavy (non-hydrogen) atoms. The molecule has 0 saturated heterocycles. The smallest absolute Gasteiger partial charge is 0.252 e. The van der Waals surface area contributed by atoms with Crippen LogP contribution in [0.2, 0.25) is 0 Å². The summed E-state index contributed by atoms with van der Waals surface area (Å²) in [4.78, 5) is 21.9. The molecule has 7 heteroatoms. The molecule has 4 aromatic rings. The number of amides is 1. The highest BCUT2D eigenvalue weighted by atomic mass is 16.2. The van der Waals surface area contributed by atoms with Gasteiger partial charge in [0.2, 0.25) is 0 Å². The molecular weight excluding hydrogens is 388 g/mol. The van der Waals surface area contributed by atoms with E-state index in [1.807, 2.05) is 54.7 Å². The maximum absolute atomic E-state index is 12.4. The van der Waals surface area contributed by atoms with E-state index >= 15 is 0 Å². The predicted octanol–water partition coefficient (Wildman–Crippen LogP) is 3.80. The van der Waals surface area contributed by atoms with E-state index in [-0.39, 0.29) is 5.91 Å². The second-order valence-electron chi connectivity index (χ2n) is 8.71. The van der Waals surface area contributed by atoms with Crippen LogP contribution in [0.5, 0.6) is 0 Å². The van der Waals surface area contributed by atoms with E-state index in [1.165, 1.54) is 0 Å². The number of nitrogens with zero attached hydrogens (tertiary/aromatic N) is 3. The number of hydrogen-bond acceptors (Lipinski definition) is 5. The van der Waals surface area contributed by atoms with Crippen LogP contribution in [0.15, 0.2) is 54.7 Å². The molecular formula is C24H26N6O. The number of nitrogens with one attached hydrogen (secondary N) is 2. The molecule has 1 amide bonds. The molecule has 158 valence electrons. The number of para-hydroxylation sites is 2. The first kappa shape index (κ1) is 19.5. The first-order valence-corrected chi connectivity index (χ1v) is 10.7. The normalized spacial score (nSPS) is 14.8. The summed E-state index contributed by atoms with van der Waals surface area (Å²) < 4.78 is 2.12. The highest BCUT2D eigenvalue weighted by Crippen LogP contribution is 2.30. The van der Waals surface area contributed by atoms with Crippen LogP contribution in [0.25, 0.3) is 27.9 Å². The lowest BCUT2D eigenvalue weighted by Gasteiger charge is -2.13. The topological polar surface area (TPSA) is 97.3 Å². The Morgan fingerprint density at radius 2 is 1.90 bits per heavy atom. The number of rotatable bonds is 6. The minimum Gasteiger partial charge on any atom is -0.367 e. The number of fused-ring (bicyclic) bond motifs is 3. The van der Waals surface area contributed by atoms with Crippen molar-refractivity contribution in [2.75, 3.05) is 11.9 Å². The summed E-state index contributed by atoms with van der Waals surface area (Å²) in [6.45, 7) is 5.14. The van der Waals surface area contributed by atoms with Gasteiger partial charge in [-0.1, -0.05) is 38.1 Å². The van der Waals surface area contributed by atoms with E-state index in [0.717, 1.165) is 53.1 Å². The van der Waals surface area contributed by atoms with Crippen molar-refractivity contribution in [3.8, 4) is 11.3 Å². The summed E-state index contributed by atoms with van der Waals surface area (Å²) in [5, 5.41) is 6.33. The Morgan fingerprint density at radius 1 is 1.16 bits per heavy atom. The fourth-order valence-electron chi connectivity index (χ4n) is 3.65. The highest BCUT2D eigenvalue weighted by Gasteiger charge is 2.39. The van der Waals surface area contributed by atoms with Crippen LogP contribution in [0, 0.1) is 5.92 Å². The van der Waals surface area contributed by atoms with E-state index in [0.29, 0.717) is 11.5 Å². The fraction of sp³-hybridized carbons (Fsp3) is 0.292. The maximum atomic E-state index is 12.4. The van der Waals surface area contributed by atoms with Gasteiger partial charge < -0.3 is 16.4 Å². The standard InChI is InChI=1S/C24H26N6O/c1-15(2)13-26-21-22-27-14-20(30(22)19-6-4-3-5-18(19)28-21)16-7-9-17(10-8-16)23(31)29-24(25)11-12-24/h3-10,14-15H,11-13,25H2,1-2H3,(H,26,28)(H,29,31). The predicted molar refractivity (Wildman–Crippen MR) is 123 cm³/mol. The molecule has 1 saturated carbocycles. The second kappa shape index (κ2) is 7.35. The first-order chi connectivity index (χ1) is 14.9. The van der Waals surface area contributed by atoms with E-state index in [1.54, 1.807) is 0 Å². The number of carbonyl (C=O) groups excluding carboxylic acids is 1. The molecule has 0 bridgehead atoms. The number of hydrogen-bond donors (Lipinski definition) is 3. The monoisotopic (exact) mass is 414 g/mol. The summed E-state index contributed by atoms with van der Waals surface area (Å²) >= 11 is 0. The zero-order valence-electron chi connectivity index (χ0n) is 17.7. The average molecular weight is 415 g/mol. The van der Waals surface area contributed by atoms with Crippen molar-refractivity contribution in [3.05, 3.63) is 60.3 Å². The third-order valence-electron chi connectivity index (χ3n) is 5.60. The summed E-state index contributed by atoms with van der Waals surface area (Å²) in [6, 6.07) is 15.6. The minimum absolute atomic E-state index is 0.139. The number of anilines is 1. The zero-order valence-corrected chi connectivity index (χ0v) is 17.7. The van der Waals surface area contributed by atoms with Crippen molar-refractivity contribution in [1.82, 2.24) is 19.7 Å². The van der Waals surface area contributed by atoms with Crippen molar-refractivity contribution in [2.24, 2.45) is 11.7 Å². The van der Waals surface area contributed by atoms with Crippen LogP contribution in [-0.4, -0.2) is 32.5 Å². The summed E-state index contributed by atoms with van der Waals surface area (Å²) in [5.41, 5.74) is 10.7. The Bertz CT molecular complexity index is 1270. The quantitative estimate of drug-likeness (QED) is 0.417. The first-order valence-electron chi connectivity index (χ1n) is 10.7. The van der Waals surface area contributed by atoms with Gasteiger partial charge in [-0.15, -0.1) is 0 Å². The van der Waals surface area contributed by atoms with E-state index < -0.39 is 5.66 Å². The highest BCUT2D eigenvalue weighted by molar-refractivity contribution is 5.95. The van der Waals surface area contributed by atoms with E-state index in [2.05, 4.69) is 33.9 Å². The summed E-state index contributed by atoms with van der Waals surface area (Å²) in [5.74, 6) is 1.12. The molecule has 2 aromatic heterocycles. The number of imidazole rings is 1. The van der Waals surface area contributed by atoms with E-state index in [9.17, 15) is 4.79 Å². The molecule has 0 spiro atoms. The summed E-state index contributed by atoms with van der Waals surface area (Å²) in [7, 11) is 0. The maximum Gasteiger partial charge on any atom is 0.252 e. The van der Waals surface area contributed by atoms with Gasteiger partial charge in [-0.25, -0.2) is 9.97 Å². The van der Waals surface area contributed by atoms with Crippen LogP contribution >= 0.6 is 0 Å². The Labute approximate surface area is 180 Å². The Morgan fingerprint density at radius 3 is 2.61 bits per heavy atom. The molecule has 0 atom stereocenters. The van der Waals surface area contributed by atoms with Gasteiger partial charge in [-0.05, 0) is 43.0 Å². The molecule has 0 aliphatic heterocycles. The largest absolute Gasteiger partial charge is 0.367 e. The molecule has 2 heterocycles. The van der Waals surface area contributed by atoms with Crippen LogP contribution in [-0.2, 0) is 0 Å². The molecule has 1 fully saturated rings. The van der Waals surface area contributed by atoms with Gasteiger partial charge in [0.05, 0.1) is 28.6 Å². The van der Waals surface area contributed by atoms with Crippen molar-refractivity contribution in [2.45, 2.75) is 32.4 Å². The SMILES string of the molecule is CC(C)CNc1nc2ccccc2n2c(-c3ccc(C(=O)NC4(N)CC4)cc3)cnc12. The molecule has 0 unspecified atom stereocenters. The number of carbonyl (C=O) groups is 1. The lowest BCUT2D eigenvalue weighted by Crippen LogP contribution is -2.43. The summed E-state index contributed by atoms with van der Waals surface area (Å²) in [6.07, 6.45) is 3.51. The third kappa shape index (κ3) is 3.72. The van der Waals surface area contributed by atoms with Gasteiger partial charge >= 0.3 is 0 Å². The third-order valence-corrected chi connectivity index (χ3v) is 5.60. The van der Waals surface area contributed by atoms with Gasteiger partial charge in [0, 0.05) is 17.7 Å². The van der Waals surface area contributed by atoms with E-state index in [4.69, 9.17) is 10.7 Å². The minimum atomic E-state index is -0.525. The van der Waals surface area contributed by atoms with Crippen LogP contribution in [0.1, 0.15) is 37.0 Å². The van der Waals surface area contributed by atoms with Gasteiger partial charge in [0.1, 0.15) is 0 Å². The lowest BCUT2D eigenvalue weighted by atomic mass is 10.1. The van der Waals surface area contributed by atoms with Gasteiger partial charge in [-0.2, -0.15) is 0 Å². The Kier molecular flexibility index (Phi) is 4.63. The molecule has 5 rings (SSSR count). The molecule has 1 aliphatic carbocycles. The Hall–Kier alpha value is -3.45. The average Bonchev–Trinajstić information content (AvgIpc) is 3.32. The van der Waals surface area contributed by atoms with Gasteiger partial charge in [0.25, 0.3) is 5.91 Å². The van der Waals surface area contributed by atoms with Crippen LogP contribution in [0.4, 0.5) is 5.82 Å². The number of nitrogens with two attached hydrogens (primary N) is 1. The van der Waals surface area contributed by atoms with Crippen LogP contribution in [0.3, 0.4) is 0 Å². The van der Waals surface area contributed by atoms with Crippen molar-refractivity contribution in [3.63, 3.8) is 0 Å². The molecule has 7 nitrogen and oxygen atoms in total. The van der Waals surface area contributed by atoms with Gasteiger partial charge in [-0.3, -0.25) is 9.20 Å². The molecule has 2 aromatic carbocycles. The number of aromatic nitrogens is 3. The van der Waals surface area contributed by atoms with Crippen LogP contribution < -0.4 is 16.4 Å². The number of benzene rings is 2. The Balaban J connectivity index is 1.56. The van der Waals surface area contributed by atoms with Crippen molar-refractivity contribution < 1.29 is 4.79 Å². The molecule has 0 radical (unpaired) electrons.